The fourth-order valence-electron chi connectivity index (χ4n) is 3.66. The van der Waals surface area contributed by atoms with Gasteiger partial charge in [-0.25, -0.2) is 0 Å². The fraction of sp³-hybridized carbons (Fsp3) is 0.375. The summed E-state index contributed by atoms with van der Waals surface area (Å²) in [5.41, 5.74) is 1.71. The summed E-state index contributed by atoms with van der Waals surface area (Å²) in [4.78, 5) is 23.8. The van der Waals surface area contributed by atoms with Crippen LogP contribution in [0.1, 0.15) is 38.2 Å². The Balaban J connectivity index is 1.50. The zero-order valence-corrected chi connectivity index (χ0v) is 17.3. The molecule has 1 heterocycles. The molecule has 31 heavy (non-hydrogen) atoms. The minimum atomic E-state index is -1.04. The monoisotopic (exact) mass is 420 g/mol. The first-order chi connectivity index (χ1) is 15.0. The molecule has 0 unspecified atom stereocenters. The van der Waals surface area contributed by atoms with Gasteiger partial charge in [-0.1, -0.05) is 18.2 Å². The Kier molecular flexibility index (Phi) is 5.92. The average molecular weight is 420 g/mol. The molecule has 1 N–H and O–H groups in total. The Hall–Kier alpha value is -3.37. The minimum Gasteiger partial charge on any atom is -0.489 e. The van der Waals surface area contributed by atoms with Crippen molar-refractivity contribution in [2.45, 2.75) is 44.3 Å². The van der Waals surface area contributed by atoms with Crippen molar-refractivity contribution < 1.29 is 23.8 Å². The maximum Gasteiger partial charge on any atom is 0.303 e. The second kappa shape index (κ2) is 8.78. The van der Waals surface area contributed by atoms with E-state index in [0.717, 1.165) is 24.0 Å². The summed E-state index contributed by atoms with van der Waals surface area (Å²) >= 11 is 0. The molecular weight excluding hydrogens is 396 g/mol. The number of nitrogens with zero attached hydrogens (tertiary/aromatic N) is 1. The summed E-state index contributed by atoms with van der Waals surface area (Å²) in [6.07, 6.45) is 2.72. The van der Waals surface area contributed by atoms with Crippen molar-refractivity contribution in [2.24, 2.45) is 0 Å². The Morgan fingerprint density at radius 3 is 2.55 bits per heavy atom. The van der Waals surface area contributed by atoms with E-state index in [1.807, 2.05) is 30.3 Å². The number of nitrogens with one attached hydrogen (secondary N) is 1. The Bertz CT molecular complexity index is 1030. The molecule has 1 aliphatic carbocycles. The van der Waals surface area contributed by atoms with Crippen molar-refractivity contribution in [2.75, 3.05) is 18.5 Å². The van der Waals surface area contributed by atoms with E-state index in [0.29, 0.717) is 43.1 Å². The van der Waals surface area contributed by atoms with Gasteiger partial charge in [0.1, 0.15) is 17.9 Å². The Labute approximate surface area is 180 Å². The molecule has 1 aliphatic heterocycles. The predicted molar refractivity (Wildman–Crippen MR) is 113 cm³/mol. The van der Waals surface area contributed by atoms with Gasteiger partial charge in [-0.2, -0.15) is 5.26 Å². The first kappa shape index (κ1) is 20.9. The predicted octanol–water partition coefficient (Wildman–Crippen LogP) is 3.82. The number of esters is 1. The Morgan fingerprint density at radius 1 is 1.13 bits per heavy atom. The van der Waals surface area contributed by atoms with E-state index in [4.69, 9.17) is 14.2 Å². The van der Waals surface area contributed by atoms with Crippen molar-refractivity contribution in [3.63, 3.8) is 0 Å². The van der Waals surface area contributed by atoms with E-state index < -0.39 is 11.6 Å². The van der Waals surface area contributed by atoms with Gasteiger partial charge in [0.25, 0.3) is 5.91 Å². The fourth-order valence-corrected chi connectivity index (χ4v) is 3.66. The number of hydrogen-bond donors (Lipinski definition) is 1. The van der Waals surface area contributed by atoms with Gasteiger partial charge in [0.15, 0.2) is 5.60 Å². The van der Waals surface area contributed by atoms with Crippen LogP contribution in [0.4, 0.5) is 5.69 Å². The number of anilines is 1. The van der Waals surface area contributed by atoms with Crippen LogP contribution in [0.25, 0.3) is 11.1 Å². The molecule has 7 nitrogen and oxygen atoms in total. The highest BCUT2D eigenvalue weighted by atomic mass is 16.6. The number of hydrogen-bond acceptors (Lipinski definition) is 6. The molecule has 160 valence electrons. The van der Waals surface area contributed by atoms with Crippen LogP contribution >= 0.6 is 0 Å². The molecule has 1 saturated carbocycles. The van der Waals surface area contributed by atoms with Crippen LogP contribution in [-0.4, -0.2) is 36.8 Å². The molecule has 1 saturated heterocycles. The largest absolute Gasteiger partial charge is 0.489 e. The highest BCUT2D eigenvalue weighted by Crippen LogP contribution is 2.41. The molecular formula is C24H24N2O5. The molecule has 0 aromatic heterocycles. The second-order valence-electron chi connectivity index (χ2n) is 7.88. The summed E-state index contributed by atoms with van der Waals surface area (Å²) in [5.74, 6) is -0.217. The molecule has 2 aliphatic rings. The summed E-state index contributed by atoms with van der Waals surface area (Å²) in [6.45, 7) is 2.64. The lowest BCUT2D eigenvalue weighted by Crippen LogP contribution is -2.33. The van der Waals surface area contributed by atoms with Crippen molar-refractivity contribution in [3.05, 3.63) is 48.0 Å². The van der Waals surface area contributed by atoms with E-state index in [2.05, 4.69) is 11.4 Å². The van der Waals surface area contributed by atoms with E-state index in [9.17, 15) is 14.9 Å². The highest BCUT2D eigenvalue weighted by molar-refractivity contribution is 6.01. The van der Waals surface area contributed by atoms with Crippen molar-refractivity contribution in [1.82, 2.24) is 0 Å². The number of carbonyl (C=O) groups is 2. The average Bonchev–Trinajstić information content (AvgIpc) is 3.55. The van der Waals surface area contributed by atoms with Crippen LogP contribution in [0.3, 0.4) is 0 Å². The van der Waals surface area contributed by atoms with Gasteiger partial charge in [-0.15, -0.1) is 0 Å². The van der Waals surface area contributed by atoms with E-state index >= 15 is 0 Å². The lowest BCUT2D eigenvalue weighted by molar-refractivity contribution is -0.154. The van der Waals surface area contributed by atoms with Crippen LogP contribution in [0.2, 0.25) is 0 Å². The quantitative estimate of drug-likeness (QED) is 0.714. The first-order valence-corrected chi connectivity index (χ1v) is 10.4. The van der Waals surface area contributed by atoms with Crippen LogP contribution in [-0.2, 0) is 19.1 Å². The molecule has 2 aromatic rings. The lowest BCUT2D eigenvalue weighted by Gasteiger charge is -2.24. The third-order valence-electron chi connectivity index (χ3n) is 5.47. The number of carbonyl (C=O) groups excluding carboxylic acids is 2. The summed E-state index contributed by atoms with van der Waals surface area (Å²) in [7, 11) is 0. The third-order valence-corrected chi connectivity index (χ3v) is 5.47. The summed E-state index contributed by atoms with van der Waals surface area (Å²) < 4.78 is 16.6. The molecule has 0 radical (unpaired) electrons. The third kappa shape index (κ3) is 4.86. The molecule has 4 rings (SSSR count). The normalized spacial score (nSPS) is 17.3. The van der Waals surface area contributed by atoms with Crippen molar-refractivity contribution >= 4 is 17.6 Å². The number of rotatable bonds is 6. The summed E-state index contributed by atoms with van der Waals surface area (Å²) in [6, 6.07) is 15.1. The standard InChI is InChI=1S/C24H24N2O5/c1-16(27)31-24(9-10-24)23(28)26-20-4-2-3-17(14-20)18-5-6-22(19(13-18)15-25)30-21-7-11-29-12-8-21/h2-6,13-14,21H,7-12H2,1H3,(H,26,28). The first-order valence-electron chi connectivity index (χ1n) is 10.4. The van der Waals surface area contributed by atoms with Crippen molar-refractivity contribution in [3.8, 4) is 22.9 Å². The smallest absolute Gasteiger partial charge is 0.303 e. The summed E-state index contributed by atoms with van der Waals surface area (Å²) in [5, 5.41) is 12.4. The van der Waals surface area contributed by atoms with Crippen molar-refractivity contribution in [1.29, 1.82) is 5.26 Å². The second-order valence-corrected chi connectivity index (χ2v) is 7.88. The number of nitriles is 1. The SMILES string of the molecule is CC(=O)OC1(C(=O)Nc2cccc(-c3ccc(OC4CCOCC4)c(C#N)c3)c2)CC1. The van der Waals surface area contributed by atoms with Gasteiger partial charge in [-0.3, -0.25) is 9.59 Å². The highest BCUT2D eigenvalue weighted by Gasteiger charge is 2.53. The zero-order valence-electron chi connectivity index (χ0n) is 17.3. The van der Waals surface area contributed by atoms with E-state index in [-0.39, 0.29) is 12.0 Å². The molecule has 2 aromatic carbocycles. The topological polar surface area (TPSA) is 97.7 Å². The van der Waals surface area contributed by atoms with Gasteiger partial charge in [0.05, 0.1) is 18.8 Å². The maximum atomic E-state index is 12.6. The van der Waals surface area contributed by atoms with Crippen LogP contribution in [0, 0.1) is 11.3 Å². The minimum absolute atomic E-state index is 0.0530. The van der Waals surface area contributed by atoms with Crippen LogP contribution in [0.15, 0.2) is 42.5 Å². The molecule has 0 atom stereocenters. The number of ether oxygens (including phenoxy) is 3. The van der Waals surface area contributed by atoms with E-state index in [1.54, 1.807) is 12.1 Å². The van der Waals surface area contributed by atoms with Crippen LogP contribution < -0.4 is 10.1 Å². The molecule has 0 spiro atoms. The molecule has 7 heteroatoms. The van der Waals surface area contributed by atoms with Gasteiger partial charge < -0.3 is 19.5 Å². The van der Waals surface area contributed by atoms with E-state index in [1.165, 1.54) is 6.92 Å². The van der Waals surface area contributed by atoms with Gasteiger partial charge >= 0.3 is 5.97 Å². The zero-order chi connectivity index (χ0) is 21.8. The molecule has 0 bridgehead atoms. The lowest BCUT2D eigenvalue weighted by atomic mass is 10.0. The number of benzene rings is 2. The van der Waals surface area contributed by atoms with Gasteiger partial charge in [-0.05, 0) is 35.4 Å². The van der Waals surface area contributed by atoms with Gasteiger partial charge in [0.2, 0.25) is 0 Å². The molecule has 2 fully saturated rings. The Morgan fingerprint density at radius 2 is 1.87 bits per heavy atom. The maximum absolute atomic E-state index is 12.6. The number of amides is 1. The van der Waals surface area contributed by atoms with Crippen LogP contribution in [0.5, 0.6) is 5.75 Å². The molecule has 1 amide bonds. The van der Waals surface area contributed by atoms with Gasteiger partial charge in [0, 0.05) is 38.3 Å².